The Labute approximate surface area is 183 Å². The molecule has 8 nitrogen and oxygen atoms in total. The summed E-state index contributed by atoms with van der Waals surface area (Å²) >= 11 is 0. The third-order valence-electron chi connectivity index (χ3n) is 5.44. The average Bonchev–Trinajstić information content (AvgIpc) is 3.35. The van der Waals surface area contributed by atoms with Crippen LogP contribution >= 0.6 is 0 Å². The molecule has 0 aliphatic carbocycles. The molecule has 1 N–H and O–H groups in total. The van der Waals surface area contributed by atoms with E-state index in [0.717, 1.165) is 0 Å². The maximum Gasteiger partial charge on any atom is 0.296 e. The van der Waals surface area contributed by atoms with Crippen LogP contribution in [0.25, 0.3) is 5.76 Å². The quantitative estimate of drug-likeness (QED) is 0.383. The maximum atomic E-state index is 13.1. The first-order chi connectivity index (χ1) is 15.5. The van der Waals surface area contributed by atoms with Gasteiger partial charge in [0.05, 0.1) is 17.8 Å². The lowest BCUT2D eigenvalue weighted by molar-refractivity contribution is -0.140. The molecule has 2 aliphatic rings. The number of aliphatic hydroxyl groups excluding tert-OH is 1. The van der Waals surface area contributed by atoms with Crippen LogP contribution in [0.4, 0.5) is 0 Å². The van der Waals surface area contributed by atoms with Crippen molar-refractivity contribution in [3.63, 3.8) is 0 Å². The first-order valence-electron chi connectivity index (χ1n) is 10.2. The molecule has 0 spiro atoms. The van der Waals surface area contributed by atoms with E-state index >= 15 is 0 Å². The molecule has 1 amide bonds. The van der Waals surface area contributed by atoms with Gasteiger partial charge in [-0.1, -0.05) is 6.07 Å². The minimum absolute atomic E-state index is 0.0445. The van der Waals surface area contributed by atoms with Crippen molar-refractivity contribution in [2.45, 2.75) is 19.5 Å². The van der Waals surface area contributed by atoms with Gasteiger partial charge in [0.15, 0.2) is 11.5 Å². The molecule has 0 bridgehead atoms. The predicted octanol–water partition coefficient (Wildman–Crippen LogP) is 3.38. The molecular weight excluding hydrogens is 412 g/mol. The van der Waals surface area contributed by atoms with Gasteiger partial charge < -0.3 is 23.9 Å². The van der Waals surface area contributed by atoms with Crippen molar-refractivity contribution in [3.05, 3.63) is 83.1 Å². The number of aliphatic hydroxyl groups is 1. The minimum Gasteiger partial charge on any atom is -0.507 e. The second-order valence-corrected chi connectivity index (χ2v) is 7.55. The third kappa shape index (κ3) is 3.39. The Morgan fingerprint density at radius 2 is 1.91 bits per heavy atom. The summed E-state index contributed by atoms with van der Waals surface area (Å²) in [5, 5.41) is 11.2. The van der Waals surface area contributed by atoms with Crippen molar-refractivity contribution in [1.29, 1.82) is 0 Å². The molecule has 0 radical (unpaired) electrons. The topological polar surface area (TPSA) is 102 Å². The molecule has 1 unspecified atom stereocenters. The van der Waals surface area contributed by atoms with E-state index in [-0.39, 0.29) is 17.9 Å². The molecule has 2 aliphatic heterocycles. The number of rotatable bonds is 4. The summed E-state index contributed by atoms with van der Waals surface area (Å²) in [5.41, 5.74) is 0.914. The van der Waals surface area contributed by atoms with Crippen LogP contribution in [0.5, 0.6) is 11.5 Å². The molecule has 1 saturated heterocycles. The second-order valence-electron chi connectivity index (χ2n) is 7.55. The predicted molar refractivity (Wildman–Crippen MR) is 113 cm³/mol. The number of ketones is 1. The summed E-state index contributed by atoms with van der Waals surface area (Å²) in [5.74, 6) is 0.221. The minimum atomic E-state index is -0.890. The molecule has 1 atom stereocenters. The standard InChI is InChI=1S/C24H20N2O6/c1-14-5-7-18(32-14)21-20(22(27)15-6-8-17-19(12-15)31-11-10-30-17)23(28)24(29)26(21)13-16-4-2-3-9-25-16/h2-9,12,21,27H,10-11,13H2,1H3/b22-20-. The molecule has 2 aromatic heterocycles. The van der Waals surface area contributed by atoms with Crippen molar-refractivity contribution >= 4 is 17.4 Å². The first-order valence-corrected chi connectivity index (χ1v) is 10.2. The summed E-state index contributed by atoms with van der Waals surface area (Å²) in [4.78, 5) is 31.7. The van der Waals surface area contributed by atoms with E-state index in [2.05, 4.69) is 4.98 Å². The maximum absolute atomic E-state index is 13.1. The van der Waals surface area contributed by atoms with Crippen LogP contribution < -0.4 is 9.47 Å². The number of hydrogen-bond acceptors (Lipinski definition) is 7. The second kappa shape index (κ2) is 7.88. The SMILES string of the molecule is Cc1ccc(C2/C(=C(/O)c3ccc4c(c3)OCCO4)C(=O)C(=O)N2Cc2ccccn2)o1. The highest BCUT2D eigenvalue weighted by molar-refractivity contribution is 6.46. The Bertz CT molecular complexity index is 1230. The van der Waals surface area contributed by atoms with Crippen LogP contribution in [-0.4, -0.2) is 39.9 Å². The van der Waals surface area contributed by atoms with E-state index < -0.39 is 17.7 Å². The van der Waals surface area contributed by atoms with Gasteiger partial charge >= 0.3 is 0 Å². The van der Waals surface area contributed by atoms with Gasteiger partial charge in [-0.2, -0.15) is 0 Å². The van der Waals surface area contributed by atoms with Crippen molar-refractivity contribution in [3.8, 4) is 11.5 Å². The van der Waals surface area contributed by atoms with Crippen LogP contribution in [0.1, 0.15) is 28.8 Å². The van der Waals surface area contributed by atoms with Gasteiger partial charge in [-0.15, -0.1) is 0 Å². The van der Waals surface area contributed by atoms with Crippen molar-refractivity contribution < 1.29 is 28.6 Å². The highest BCUT2D eigenvalue weighted by atomic mass is 16.6. The number of benzene rings is 1. The summed E-state index contributed by atoms with van der Waals surface area (Å²) in [6.45, 7) is 2.69. The molecule has 3 aromatic rings. The monoisotopic (exact) mass is 432 g/mol. The molecule has 162 valence electrons. The Morgan fingerprint density at radius 3 is 2.62 bits per heavy atom. The fraction of sp³-hybridized carbons (Fsp3) is 0.208. The summed E-state index contributed by atoms with van der Waals surface area (Å²) in [7, 11) is 0. The number of nitrogens with zero attached hydrogens (tertiary/aromatic N) is 2. The van der Waals surface area contributed by atoms with E-state index in [1.165, 1.54) is 4.90 Å². The largest absolute Gasteiger partial charge is 0.507 e. The molecule has 4 heterocycles. The lowest BCUT2D eigenvalue weighted by Crippen LogP contribution is -2.29. The normalized spacial score (nSPS) is 19.4. The average molecular weight is 432 g/mol. The molecule has 8 heteroatoms. The Hall–Kier alpha value is -4.07. The number of furan rings is 1. The van der Waals surface area contributed by atoms with Gasteiger partial charge in [0, 0.05) is 11.8 Å². The number of aromatic nitrogens is 1. The molecule has 5 rings (SSSR count). The highest BCUT2D eigenvalue weighted by Gasteiger charge is 2.47. The number of likely N-dealkylation sites (tertiary alicyclic amines) is 1. The number of fused-ring (bicyclic) bond motifs is 1. The van der Waals surface area contributed by atoms with Crippen LogP contribution in [0, 0.1) is 6.92 Å². The van der Waals surface area contributed by atoms with Gasteiger partial charge in [0.25, 0.3) is 11.7 Å². The summed E-state index contributed by atoms with van der Waals surface area (Å²) in [6, 6.07) is 12.8. The van der Waals surface area contributed by atoms with Gasteiger partial charge in [-0.05, 0) is 49.4 Å². The number of pyridine rings is 1. The zero-order chi connectivity index (χ0) is 22.2. The van der Waals surface area contributed by atoms with Crippen LogP contribution in [0.3, 0.4) is 0 Å². The lowest BCUT2D eigenvalue weighted by atomic mass is 9.99. The third-order valence-corrected chi connectivity index (χ3v) is 5.44. The first kappa shape index (κ1) is 19.9. The Kier molecular flexibility index (Phi) is 4.89. The van der Waals surface area contributed by atoms with E-state index in [4.69, 9.17) is 13.9 Å². The molecule has 1 fully saturated rings. The van der Waals surface area contributed by atoms with E-state index in [1.807, 2.05) is 0 Å². The number of carbonyl (C=O) groups excluding carboxylic acids is 2. The van der Waals surface area contributed by atoms with E-state index in [1.54, 1.807) is 61.7 Å². The highest BCUT2D eigenvalue weighted by Crippen LogP contribution is 2.42. The molecule has 32 heavy (non-hydrogen) atoms. The Balaban J connectivity index is 1.62. The summed E-state index contributed by atoms with van der Waals surface area (Å²) in [6.07, 6.45) is 1.62. The summed E-state index contributed by atoms with van der Waals surface area (Å²) < 4.78 is 16.9. The zero-order valence-electron chi connectivity index (χ0n) is 17.3. The smallest absolute Gasteiger partial charge is 0.296 e. The van der Waals surface area contributed by atoms with Crippen molar-refractivity contribution in [2.24, 2.45) is 0 Å². The lowest BCUT2D eigenvalue weighted by Gasteiger charge is -2.23. The zero-order valence-corrected chi connectivity index (χ0v) is 17.3. The molecular formula is C24H20N2O6. The van der Waals surface area contributed by atoms with Gasteiger partial charge in [-0.25, -0.2) is 0 Å². The van der Waals surface area contributed by atoms with Crippen molar-refractivity contribution in [2.75, 3.05) is 13.2 Å². The number of amides is 1. The fourth-order valence-corrected chi connectivity index (χ4v) is 3.95. The van der Waals surface area contributed by atoms with Crippen LogP contribution in [0.15, 0.2) is 64.7 Å². The number of carbonyl (C=O) groups is 2. The fourth-order valence-electron chi connectivity index (χ4n) is 3.95. The van der Waals surface area contributed by atoms with E-state index in [9.17, 15) is 14.7 Å². The van der Waals surface area contributed by atoms with Crippen molar-refractivity contribution in [1.82, 2.24) is 9.88 Å². The van der Waals surface area contributed by atoms with Gasteiger partial charge in [-0.3, -0.25) is 14.6 Å². The number of hydrogen-bond donors (Lipinski definition) is 1. The van der Waals surface area contributed by atoms with Gasteiger partial charge in [0.1, 0.15) is 36.5 Å². The number of aryl methyl sites for hydroxylation is 1. The van der Waals surface area contributed by atoms with Crippen LogP contribution in [-0.2, 0) is 16.1 Å². The number of Topliss-reactive ketones (excluding diaryl/α,β-unsaturated/α-hetero) is 1. The van der Waals surface area contributed by atoms with E-state index in [0.29, 0.717) is 47.5 Å². The van der Waals surface area contributed by atoms with Gasteiger partial charge in [0.2, 0.25) is 0 Å². The molecule has 0 saturated carbocycles. The molecule has 1 aromatic carbocycles. The Morgan fingerprint density at radius 1 is 1.09 bits per heavy atom. The van der Waals surface area contributed by atoms with Crippen LogP contribution in [0.2, 0.25) is 0 Å². The number of ether oxygens (including phenoxy) is 2.